The van der Waals surface area contributed by atoms with Gasteiger partial charge < -0.3 is 68.3 Å². The third-order valence-electron chi connectivity index (χ3n) is 27.6. The van der Waals surface area contributed by atoms with E-state index in [1.165, 1.54) is 171 Å². The van der Waals surface area contributed by atoms with Gasteiger partial charge in [-0.15, -0.1) is 0 Å². The Labute approximate surface area is 820 Å². The Kier molecular flexibility index (Phi) is 32.3. The minimum absolute atomic E-state index is 0.0375. The van der Waals surface area contributed by atoms with Crippen LogP contribution in [0, 0.1) is 13.8 Å². The van der Waals surface area contributed by atoms with Gasteiger partial charge in [0.1, 0.15) is 49.6 Å². The van der Waals surface area contributed by atoms with Crippen LogP contribution in [-0.2, 0) is 62.3 Å². The van der Waals surface area contributed by atoms with Crippen LogP contribution in [-0.4, -0.2) is 167 Å². The van der Waals surface area contributed by atoms with Crippen LogP contribution < -0.4 is 9.47 Å². The van der Waals surface area contributed by atoms with Crippen LogP contribution in [0.5, 0.6) is 11.5 Å². The van der Waals surface area contributed by atoms with E-state index in [4.69, 9.17) is 56.4 Å². The lowest BCUT2D eigenvalue weighted by Gasteiger charge is -2.31. The van der Waals surface area contributed by atoms with Gasteiger partial charge in [-0.2, -0.15) is 5.10 Å². The molecule has 0 saturated carbocycles. The number of aliphatic hydroxyl groups is 2. The molecule has 10 atom stereocenters. The summed E-state index contributed by atoms with van der Waals surface area (Å²) in [5, 5.41) is 33.2. The normalized spacial score (nSPS) is 18.9. The maximum Gasteiger partial charge on any atom is 0.137 e. The summed E-state index contributed by atoms with van der Waals surface area (Å²) in [7, 11) is 8.70. The number of halogens is 5. The predicted octanol–water partition coefficient (Wildman–Crippen LogP) is 25.4. The number of hydrogen-bond acceptors (Lipinski definition) is 12. The second-order valence-corrected chi connectivity index (χ2v) is 39.8. The maximum absolute atomic E-state index is 10.6. The number of aliphatic hydroxyl groups excluding tert-OH is 2. The van der Waals surface area contributed by atoms with Crippen LogP contribution in [0.25, 0.3) is 54.5 Å². The van der Waals surface area contributed by atoms with Crippen LogP contribution >= 0.6 is 71.0 Å². The quantitative estimate of drug-likeness (QED) is 0.0281. The summed E-state index contributed by atoms with van der Waals surface area (Å²) in [6, 6.07) is 76.4. The van der Waals surface area contributed by atoms with E-state index in [0.29, 0.717) is 44.7 Å². The van der Waals surface area contributed by atoms with E-state index >= 15 is 0 Å². The van der Waals surface area contributed by atoms with E-state index in [-0.39, 0.29) is 48.8 Å². The smallest absolute Gasteiger partial charge is 0.137 e. The molecule has 5 aliphatic carbocycles. The Morgan fingerprint density at radius 3 is 1.26 bits per heavy atom. The SMILES string of the molecule is COC(COc1ccc(C2CCCCc3c2[nH]c2ccc(Cl)cc32)cc1)Cn1cncn1.COC1CCc2c([nH]c3ccc(Br)cc23)C1c1ccc(C)cc1.COC1CCc2c([nH]c3ccc(Br)cc23)C1c1ccccc1.COCCN(CCOC)CC(O)COc1ccc(C2CCCCc3c2[nH]c2ccc(Cl)cc32)cc1.Cc1ccc(C2c3[nH]c4ccc(Br)cc4c3CCC2O)cc1. The largest absolute Gasteiger partial charge is 0.491 e. The topological polar surface area (TPSA) is 218 Å². The molecule has 10 aromatic carbocycles. The lowest BCUT2D eigenvalue weighted by Crippen LogP contribution is -2.39. The number of H-pyrrole nitrogens is 5. The fourth-order valence-corrected chi connectivity index (χ4v) is 22.2. The summed E-state index contributed by atoms with van der Waals surface area (Å²) in [5.74, 6) is 2.88. The Bertz CT molecular complexity index is 6550. The van der Waals surface area contributed by atoms with Gasteiger partial charge in [-0.1, -0.05) is 198 Å². The molecule has 0 spiro atoms. The fourth-order valence-electron chi connectivity index (χ4n) is 20.8. The number of nitrogens with one attached hydrogen (secondary N) is 5. The van der Waals surface area contributed by atoms with Gasteiger partial charge in [0, 0.05) is 173 Å². The summed E-state index contributed by atoms with van der Waals surface area (Å²) in [6.07, 6.45) is 17.8. The summed E-state index contributed by atoms with van der Waals surface area (Å²) < 4.78 is 44.5. The van der Waals surface area contributed by atoms with Gasteiger partial charge in [-0.05, 0) is 262 Å². The molecule has 0 saturated heterocycles. The molecule has 23 heteroatoms. The molecule has 698 valence electrons. The molecule has 7 N–H and O–H groups in total. The minimum atomic E-state index is -0.592. The molecule has 6 aromatic heterocycles. The van der Waals surface area contributed by atoms with Crippen molar-refractivity contribution in [3.8, 4) is 11.5 Å². The number of fused-ring (bicyclic) bond motifs is 15. The van der Waals surface area contributed by atoms with Crippen molar-refractivity contribution >= 4 is 126 Å². The molecule has 5 aliphatic rings. The van der Waals surface area contributed by atoms with Crippen molar-refractivity contribution in [1.29, 1.82) is 0 Å². The van der Waals surface area contributed by atoms with Gasteiger partial charge >= 0.3 is 0 Å². The van der Waals surface area contributed by atoms with Gasteiger partial charge in [-0.25, -0.2) is 4.98 Å². The second kappa shape index (κ2) is 45.1. The van der Waals surface area contributed by atoms with Crippen molar-refractivity contribution in [3.63, 3.8) is 0 Å². The molecule has 0 bridgehead atoms. The van der Waals surface area contributed by atoms with Crippen LogP contribution in [0.1, 0.15) is 183 Å². The molecule has 10 unspecified atom stereocenters. The van der Waals surface area contributed by atoms with E-state index in [2.05, 4.69) is 296 Å². The van der Waals surface area contributed by atoms with Gasteiger partial charge in [0.15, 0.2) is 0 Å². The molecule has 0 aliphatic heterocycles. The highest BCUT2D eigenvalue weighted by molar-refractivity contribution is 9.11. The number of nitrogens with zero attached hydrogens (tertiary/aromatic N) is 4. The molecule has 0 amide bonds. The van der Waals surface area contributed by atoms with E-state index in [1.807, 2.05) is 38.5 Å². The highest BCUT2D eigenvalue weighted by atomic mass is 79.9. The molecular formula is C111H120Br3Cl2N9O9. The predicted molar refractivity (Wildman–Crippen MR) is 551 cm³/mol. The third-order valence-corrected chi connectivity index (χ3v) is 29.6. The highest BCUT2D eigenvalue weighted by Crippen LogP contribution is 2.48. The Morgan fingerprint density at radius 2 is 0.828 bits per heavy atom. The second-order valence-electron chi connectivity index (χ2n) is 36.2. The Balaban J connectivity index is 0.000000118. The van der Waals surface area contributed by atoms with Crippen LogP contribution in [0.3, 0.4) is 0 Å². The molecule has 18 nitrogen and oxygen atoms in total. The molecule has 0 fully saturated rings. The maximum atomic E-state index is 10.6. The van der Waals surface area contributed by atoms with E-state index in [9.17, 15) is 10.2 Å². The lowest BCUT2D eigenvalue weighted by molar-refractivity contribution is 0.0433. The van der Waals surface area contributed by atoms with Crippen molar-refractivity contribution in [2.45, 2.75) is 170 Å². The van der Waals surface area contributed by atoms with Gasteiger partial charge in [0.2, 0.25) is 0 Å². The fraction of sp³-hybridized carbons (Fsp3) is 0.351. The number of aryl methyl sites for hydroxylation is 7. The first-order valence-electron chi connectivity index (χ1n) is 47.0. The van der Waals surface area contributed by atoms with Gasteiger partial charge in [0.05, 0.1) is 55.8 Å². The van der Waals surface area contributed by atoms with Crippen molar-refractivity contribution in [1.82, 2.24) is 44.6 Å². The summed E-state index contributed by atoms with van der Waals surface area (Å²) in [5.41, 5.74) is 28.4. The summed E-state index contributed by atoms with van der Waals surface area (Å²) in [4.78, 5) is 24.4. The summed E-state index contributed by atoms with van der Waals surface area (Å²) in [6.45, 7) is 8.75. The standard InChI is InChI=1S/C28H37ClN2O4.C25H27ClN4O2.C20H20BrNO.2C19H18BrNO/c1-33-15-13-31(14-16-34-2)18-22(32)19-35-23-10-7-20(8-11-23)24-5-3-4-6-25-26-17-21(29)9-12-27(26)30-28(24)25;1-31-20(13-30-16-27-15-28-30)14-32-19-9-6-17(7-10-19)21-4-2-3-5-22-23-12-18(26)8-11-24(23)29-25(21)22;1-12-3-5-13(6-4-12)19-18(23-2)10-8-15-16-11-14(21)7-9-17(16)22-20(15)19;1-11-2-4-12(5-3-11)18-17(22)9-7-14-15-10-13(20)6-8-16(15)21-19(14)18;1-22-17-10-8-14-15-11-13(20)7-9-16(15)21-19(14)18(17)12-5-3-2-4-6-12/h7-12,17,22,24,30,32H,3-6,13-16,18-19H2,1-2H3;6-12,15-16,20-21,29H,2-5,13-14H2,1H3;3-7,9,11,18-19,22H,8,10H2,1-2H3;2-6,8,10,17-18,21-22H,7,9H2,1H3;2-7,9,11,17-18,21H,8,10H2,1H3. The molecular weight excluding hydrogens is 1910 g/mol. The molecule has 21 rings (SSSR count). The highest BCUT2D eigenvalue weighted by Gasteiger charge is 2.38. The monoisotopic (exact) mass is 2030 g/mol. The minimum Gasteiger partial charge on any atom is -0.491 e. The number of aromatic nitrogens is 8. The summed E-state index contributed by atoms with van der Waals surface area (Å²) >= 11 is 23.3. The number of hydrogen-bond donors (Lipinski definition) is 7. The van der Waals surface area contributed by atoms with Gasteiger partial charge in [0.25, 0.3) is 0 Å². The zero-order valence-corrected chi connectivity index (χ0v) is 83.5. The number of aromatic amines is 5. The van der Waals surface area contributed by atoms with Gasteiger partial charge in [-0.3, -0.25) is 9.58 Å². The van der Waals surface area contributed by atoms with Crippen molar-refractivity contribution in [2.75, 3.05) is 81.6 Å². The zero-order valence-electron chi connectivity index (χ0n) is 77.2. The lowest BCUT2D eigenvalue weighted by atomic mass is 9.80. The first kappa shape index (κ1) is 96.0. The van der Waals surface area contributed by atoms with Crippen molar-refractivity contribution in [3.05, 3.63) is 350 Å². The van der Waals surface area contributed by atoms with Crippen molar-refractivity contribution < 1.29 is 43.4 Å². The number of benzene rings is 10. The average molecular weight is 2030 g/mol. The first-order valence-corrected chi connectivity index (χ1v) is 50.1. The Morgan fingerprint density at radius 1 is 0.433 bits per heavy atom. The van der Waals surface area contributed by atoms with Crippen LogP contribution in [0.15, 0.2) is 244 Å². The van der Waals surface area contributed by atoms with E-state index < -0.39 is 6.10 Å². The third kappa shape index (κ3) is 22.4. The van der Waals surface area contributed by atoms with E-state index in [1.54, 1.807) is 32.3 Å². The molecule has 134 heavy (non-hydrogen) atoms. The number of rotatable bonds is 24. The van der Waals surface area contributed by atoms with E-state index in [0.717, 1.165) is 123 Å². The first-order chi connectivity index (χ1) is 65.4. The number of ether oxygens (including phenoxy) is 7. The van der Waals surface area contributed by atoms with Crippen LogP contribution in [0.2, 0.25) is 10.0 Å². The Hall–Kier alpha value is -9.66. The number of methoxy groups -OCH3 is 5. The van der Waals surface area contributed by atoms with Crippen LogP contribution in [0.4, 0.5) is 0 Å². The molecule has 16 aromatic rings. The molecule has 0 radical (unpaired) electrons. The van der Waals surface area contributed by atoms with Crippen molar-refractivity contribution in [2.24, 2.45) is 0 Å². The average Bonchev–Trinajstić information content (AvgIpc) is 1.60. The zero-order chi connectivity index (χ0) is 92.9. The molecule has 6 heterocycles.